The molecule has 0 heterocycles. The van der Waals surface area contributed by atoms with E-state index in [1.165, 1.54) is 5.56 Å². The molecule has 5 heteroatoms. The van der Waals surface area contributed by atoms with Gasteiger partial charge in [-0.05, 0) is 73.9 Å². The second-order valence-electron chi connectivity index (χ2n) is 6.97. The minimum Gasteiger partial charge on any atom is -0.349 e. The number of benzene rings is 2. The Morgan fingerprint density at radius 3 is 2.50 bits per heavy atom. The monoisotopic (exact) mass is 388 g/mol. The largest absolute Gasteiger partial charge is 0.349 e. The maximum absolute atomic E-state index is 12.5. The SMILES string of the molecule is CSc1ccc(C(=O)NC2CCC(CN)(c3cccc(Cl)c3)CC2)cc1. The predicted octanol–water partition coefficient (Wildman–Crippen LogP) is 4.63. The van der Waals surface area contributed by atoms with Gasteiger partial charge in [0.1, 0.15) is 0 Å². The zero-order valence-corrected chi connectivity index (χ0v) is 16.6. The molecule has 0 atom stereocenters. The van der Waals surface area contributed by atoms with Gasteiger partial charge in [-0.3, -0.25) is 4.79 Å². The van der Waals surface area contributed by atoms with E-state index in [4.69, 9.17) is 17.3 Å². The van der Waals surface area contributed by atoms with Crippen LogP contribution in [-0.2, 0) is 5.41 Å². The van der Waals surface area contributed by atoms with E-state index in [-0.39, 0.29) is 17.4 Å². The standard InChI is InChI=1S/C21H25ClN2OS/c1-26-19-7-5-15(6-8-19)20(25)24-18-9-11-21(14-23,12-10-18)16-3-2-4-17(22)13-16/h2-8,13,18H,9-12,14,23H2,1H3,(H,24,25). The number of hydrogen-bond donors (Lipinski definition) is 2. The second kappa shape index (κ2) is 8.47. The van der Waals surface area contributed by atoms with Crippen molar-refractivity contribution >= 4 is 29.3 Å². The van der Waals surface area contributed by atoms with E-state index in [1.54, 1.807) is 11.8 Å². The maximum atomic E-state index is 12.5. The fourth-order valence-corrected chi connectivity index (χ4v) is 4.35. The number of nitrogens with two attached hydrogens (primary N) is 1. The van der Waals surface area contributed by atoms with Gasteiger partial charge in [-0.25, -0.2) is 0 Å². The van der Waals surface area contributed by atoms with E-state index in [0.717, 1.165) is 35.6 Å². The lowest BCUT2D eigenvalue weighted by Crippen LogP contribution is -2.45. The van der Waals surface area contributed by atoms with Crippen molar-refractivity contribution in [2.45, 2.75) is 42.0 Å². The minimum absolute atomic E-state index is 0.00524. The molecule has 1 aliphatic rings. The zero-order valence-electron chi connectivity index (χ0n) is 15.0. The number of carbonyl (C=O) groups excluding carboxylic acids is 1. The Bertz CT molecular complexity index is 755. The van der Waals surface area contributed by atoms with Crippen molar-refractivity contribution in [2.75, 3.05) is 12.8 Å². The van der Waals surface area contributed by atoms with Crippen LogP contribution in [0.15, 0.2) is 53.4 Å². The van der Waals surface area contributed by atoms with Crippen LogP contribution in [0.3, 0.4) is 0 Å². The molecule has 1 amide bonds. The van der Waals surface area contributed by atoms with E-state index in [2.05, 4.69) is 11.4 Å². The number of hydrogen-bond acceptors (Lipinski definition) is 3. The molecule has 0 bridgehead atoms. The molecule has 0 aromatic heterocycles. The first-order chi connectivity index (χ1) is 12.6. The van der Waals surface area contributed by atoms with Gasteiger partial charge < -0.3 is 11.1 Å². The van der Waals surface area contributed by atoms with Crippen LogP contribution in [0.1, 0.15) is 41.6 Å². The van der Waals surface area contributed by atoms with E-state index in [9.17, 15) is 4.79 Å². The number of rotatable bonds is 5. The summed E-state index contributed by atoms with van der Waals surface area (Å²) in [7, 11) is 0. The third kappa shape index (κ3) is 4.25. The van der Waals surface area contributed by atoms with Crippen molar-refractivity contribution in [1.82, 2.24) is 5.32 Å². The lowest BCUT2D eigenvalue weighted by Gasteiger charge is -2.40. The molecule has 1 fully saturated rings. The van der Waals surface area contributed by atoms with Gasteiger partial charge >= 0.3 is 0 Å². The summed E-state index contributed by atoms with van der Waals surface area (Å²) in [5, 5.41) is 3.93. The fraction of sp³-hybridized carbons (Fsp3) is 0.381. The van der Waals surface area contributed by atoms with Gasteiger partial charge in [0.25, 0.3) is 5.91 Å². The molecule has 138 valence electrons. The molecule has 3 nitrogen and oxygen atoms in total. The molecule has 26 heavy (non-hydrogen) atoms. The second-order valence-corrected chi connectivity index (χ2v) is 8.29. The van der Waals surface area contributed by atoms with Crippen LogP contribution in [-0.4, -0.2) is 24.7 Å². The predicted molar refractivity (Wildman–Crippen MR) is 110 cm³/mol. The van der Waals surface area contributed by atoms with Gasteiger partial charge in [0.2, 0.25) is 0 Å². The summed E-state index contributed by atoms with van der Waals surface area (Å²) in [4.78, 5) is 13.7. The Kier molecular flexibility index (Phi) is 6.28. The Balaban J connectivity index is 1.62. The van der Waals surface area contributed by atoms with E-state index in [1.807, 2.05) is 48.7 Å². The highest BCUT2D eigenvalue weighted by Crippen LogP contribution is 2.39. The molecule has 0 spiro atoms. The molecule has 1 saturated carbocycles. The zero-order chi connectivity index (χ0) is 18.6. The molecule has 1 aliphatic carbocycles. The summed E-state index contributed by atoms with van der Waals surface area (Å²) < 4.78 is 0. The third-order valence-corrected chi connectivity index (χ3v) is 6.44. The number of carbonyl (C=O) groups is 1. The average Bonchev–Trinajstić information content (AvgIpc) is 2.69. The third-order valence-electron chi connectivity index (χ3n) is 5.46. The Labute approximate surface area is 164 Å². The molecule has 3 N–H and O–H groups in total. The number of halogens is 1. The molecular weight excluding hydrogens is 364 g/mol. The van der Waals surface area contributed by atoms with Crippen LogP contribution < -0.4 is 11.1 Å². The van der Waals surface area contributed by atoms with Crippen molar-refractivity contribution in [2.24, 2.45) is 5.73 Å². The van der Waals surface area contributed by atoms with Crippen molar-refractivity contribution in [3.63, 3.8) is 0 Å². The maximum Gasteiger partial charge on any atom is 0.251 e. The highest BCUT2D eigenvalue weighted by Gasteiger charge is 2.36. The first kappa shape index (κ1) is 19.3. The lowest BCUT2D eigenvalue weighted by molar-refractivity contribution is 0.0918. The summed E-state index contributed by atoms with van der Waals surface area (Å²) in [6.45, 7) is 0.601. The number of thioether (sulfide) groups is 1. The van der Waals surface area contributed by atoms with Crippen LogP contribution in [0.5, 0.6) is 0 Å². The van der Waals surface area contributed by atoms with E-state index < -0.39 is 0 Å². The quantitative estimate of drug-likeness (QED) is 0.734. The smallest absolute Gasteiger partial charge is 0.251 e. The molecule has 3 rings (SSSR count). The van der Waals surface area contributed by atoms with Crippen LogP contribution in [0, 0.1) is 0 Å². The summed E-state index contributed by atoms with van der Waals surface area (Å²) in [5.41, 5.74) is 8.05. The molecule has 2 aromatic carbocycles. The molecule has 0 aliphatic heterocycles. The Morgan fingerprint density at radius 2 is 1.92 bits per heavy atom. The van der Waals surface area contributed by atoms with Crippen molar-refractivity contribution in [1.29, 1.82) is 0 Å². The number of nitrogens with one attached hydrogen (secondary N) is 1. The summed E-state index contributed by atoms with van der Waals surface area (Å²) in [6.07, 6.45) is 5.80. The Morgan fingerprint density at radius 1 is 1.23 bits per heavy atom. The lowest BCUT2D eigenvalue weighted by atomic mass is 9.68. The topological polar surface area (TPSA) is 55.1 Å². The van der Waals surface area contributed by atoms with Crippen LogP contribution in [0.4, 0.5) is 0 Å². The number of amides is 1. The van der Waals surface area contributed by atoms with Crippen LogP contribution >= 0.6 is 23.4 Å². The summed E-state index contributed by atoms with van der Waals surface area (Å²) in [5.74, 6) is 0.00524. The molecule has 0 saturated heterocycles. The molecule has 0 unspecified atom stereocenters. The normalized spacial score (nSPS) is 22.8. The molecular formula is C21H25ClN2OS. The first-order valence-electron chi connectivity index (χ1n) is 8.97. The highest BCUT2D eigenvalue weighted by atomic mass is 35.5. The van der Waals surface area contributed by atoms with E-state index >= 15 is 0 Å². The summed E-state index contributed by atoms with van der Waals surface area (Å²) in [6, 6.07) is 16.0. The van der Waals surface area contributed by atoms with Crippen LogP contribution in [0.25, 0.3) is 0 Å². The Hall–Kier alpha value is -1.49. The van der Waals surface area contributed by atoms with Gasteiger partial charge in [0.15, 0.2) is 0 Å². The van der Waals surface area contributed by atoms with Gasteiger partial charge in [0.05, 0.1) is 0 Å². The van der Waals surface area contributed by atoms with Crippen molar-refractivity contribution in [3.8, 4) is 0 Å². The minimum atomic E-state index is -0.0356. The molecule has 0 radical (unpaired) electrons. The van der Waals surface area contributed by atoms with Crippen molar-refractivity contribution in [3.05, 3.63) is 64.7 Å². The van der Waals surface area contributed by atoms with Gasteiger partial charge in [-0.1, -0.05) is 23.7 Å². The van der Waals surface area contributed by atoms with Crippen molar-refractivity contribution < 1.29 is 4.79 Å². The first-order valence-corrected chi connectivity index (χ1v) is 10.6. The van der Waals surface area contributed by atoms with Crippen LogP contribution in [0.2, 0.25) is 5.02 Å². The van der Waals surface area contributed by atoms with E-state index in [0.29, 0.717) is 12.1 Å². The molecule has 2 aromatic rings. The fourth-order valence-electron chi connectivity index (χ4n) is 3.75. The highest BCUT2D eigenvalue weighted by molar-refractivity contribution is 7.98. The van der Waals surface area contributed by atoms with Gasteiger partial charge in [-0.2, -0.15) is 0 Å². The van der Waals surface area contributed by atoms with Gasteiger partial charge in [0, 0.05) is 33.5 Å². The summed E-state index contributed by atoms with van der Waals surface area (Å²) >= 11 is 7.84. The average molecular weight is 389 g/mol. The van der Waals surface area contributed by atoms with Gasteiger partial charge in [-0.15, -0.1) is 11.8 Å².